The van der Waals surface area contributed by atoms with E-state index >= 15 is 0 Å². The van der Waals surface area contributed by atoms with Gasteiger partial charge in [-0.1, -0.05) is 24.4 Å². The molecule has 1 N–H and O–H groups in total. The highest BCUT2D eigenvalue weighted by atomic mass is 35.5. The van der Waals surface area contributed by atoms with Gasteiger partial charge in [0.2, 0.25) is 0 Å². The van der Waals surface area contributed by atoms with E-state index in [1.54, 1.807) is 0 Å². The van der Waals surface area contributed by atoms with Gasteiger partial charge in [0.15, 0.2) is 0 Å². The summed E-state index contributed by atoms with van der Waals surface area (Å²) in [6.07, 6.45) is 4.13. The van der Waals surface area contributed by atoms with E-state index in [1.807, 2.05) is 0 Å². The van der Waals surface area contributed by atoms with Crippen LogP contribution in [0.2, 0.25) is 5.02 Å². The maximum atomic E-state index is 12.2. The summed E-state index contributed by atoms with van der Waals surface area (Å²) < 4.78 is 0. The Kier molecular flexibility index (Phi) is 5.06. The average molecular weight is 331 g/mol. The lowest BCUT2D eigenvalue weighted by Gasteiger charge is -2.26. The summed E-state index contributed by atoms with van der Waals surface area (Å²) in [4.78, 5) is 22.6. The molecule has 1 aromatic carbocycles. The van der Waals surface area contributed by atoms with Crippen molar-refractivity contribution in [2.75, 3.05) is 12.4 Å². The van der Waals surface area contributed by atoms with Crippen LogP contribution in [-0.4, -0.2) is 23.3 Å². The lowest BCUT2D eigenvalue weighted by atomic mass is 9.88. The van der Waals surface area contributed by atoms with Gasteiger partial charge in [-0.15, -0.1) is 11.6 Å². The Morgan fingerprint density at radius 3 is 2.62 bits per heavy atom. The number of hydrogen-bond donors (Lipinski definition) is 1. The quantitative estimate of drug-likeness (QED) is 0.507. The van der Waals surface area contributed by atoms with E-state index in [9.17, 15) is 14.9 Å². The van der Waals surface area contributed by atoms with Crippen molar-refractivity contribution in [1.82, 2.24) is 5.32 Å². The molecule has 1 aliphatic carbocycles. The first-order valence-corrected chi connectivity index (χ1v) is 7.67. The second-order valence-electron chi connectivity index (χ2n) is 5.44. The minimum absolute atomic E-state index is 0.0183. The van der Waals surface area contributed by atoms with Crippen molar-refractivity contribution in [1.29, 1.82) is 0 Å². The van der Waals surface area contributed by atoms with E-state index in [1.165, 1.54) is 18.2 Å². The first-order chi connectivity index (χ1) is 9.97. The molecule has 5 nitrogen and oxygen atoms in total. The van der Waals surface area contributed by atoms with Crippen LogP contribution in [0, 0.1) is 15.5 Å². The van der Waals surface area contributed by atoms with Crippen LogP contribution in [0.25, 0.3) is 0 Å². The van der Waals surface area contributed by atoms with Crippen molar-refractivity contribution >= 4 is 34.8 Å². The molecule has 1 amide bonds. The number of nitrogens with zero attached hydrogens (tertiary/aromatic N) is 1. The van der Waals surface area contributed by atoms with Crippen LogP contribution in [0.4, 0.5) is 5.69 Å². The van der Waals surface area contributed by atoms with Gasteiger partial charge in [0.25, 0.3) is 11.6 Å². The third-order valence-electron chi connectivity index (χ3n) is 3.97. The molecule has 114 valence electrons. The van der Waals surface area contributed by atoms with Crippen molar-refractivity contribution in [3.05, 3.63) is 38.9 Å². The van der Waals surface area contributed by atoms with Gasteiger partial charge in [0.05, 0.1) is 4.92 Å². The van der Waals surface area contributed by atoms with E-state index in [4.69, 9.17) is 23.2 Å². The number of halogens is 2. The van der Waals surface area contributed by atoms with E-state index in [0.29, 0.717) is 17.4 Å². The number of alkyl halides is 1. The zero-order chi connectivity index (χ0) is 15.5. The Bertz CT molecular complexity index is 557. The van der Waals surface area contributed by atoms with Crippen LogP contribution in [0.15, 0.2) is 18.2 Å². The Labute approximate surface area is 132 Å². The zero-order valence-electron chi connectivity index (χ0n) is 11.4. The number of nitrogens with one attached hydrogen (secondary N) is 1. The molecular weight excluding hydrogens is 315 g/mol. The molecule has 1 aliphatic rings. The van der Waals surface area contributed by atoms with Gasteiger partial charge in [-0.25, -0.2) is 0 Å². The van der Waals surface area contributed by atoms with E-state index in [2.05, 4.69) is 5.32 Å². The lowest BCUT2D eigenvalue weighted by Crippen LogP contribution is -2.37. The highest BCUT2D eigenvalue weighted by Crippen LogP contribution is 2.38. The second-order valence-corrected chi connectivity index (χ2v) is 6.15. The smallest absolute Gasteiger partial charge is 0.282 e. The molecule has 7 heteroatoms. The number of benzene rings is 1. The first-order valence-electron chi connectivity index (χ1n) is 6.75. The van der Waals surface area contributed by atoms with Crippen LogP contribution >= 0.6 is 23.2 Å². The van der Waals surface area contributed by atoms with Crippen LogP contribution in [0.1, 0.15) is 36.0 Å². The number of nitro groups is 1. The molecule has 0 aromatic heterocycles. The normalized spacial score (nSPS) is 16.7. The lowest BCUT2D eigenvalue weighted by molar-refractivity contribution is -0.385. The van der Waals surface area contributed by atoms with Gasteiger partial charge in [0.1, 0.15) is 5.56 Å². The Balaban J connectivity index is 2.13. The summed E-state index contributed by atoms with van der Waals surface area (Å²) in [5.41, 5.74) is -0.358. The number of nitro benzene ring substituents is 1. The van der Waals surface area contributed by atoms with Crippen molar-refractivity contribution in [3.8, 4) is 0 Å². The maximum Gasteiger partial charge on any atom is 0.282 e. The summed E-state index contributed by atoms with van der Waals surface area (Å²) >= 11 is 11.8. The predicted molar refractivity (Wildman–Crippen MR) is 82.1 cm³/mol. The van der Waals surface area contributed by atoms with Gasteiger partial charge >= 0.3 is 0 Å². The van der Waals surface area contributed by atoms with Gasteiger partial charge < -0.3 is 5.32 Å². The molecule has 2 rings (SSSR count). The summed E-state index contributed by atoms with van der Waals surface area (Å²) in [5, 5.41) is 14.0. The molecule has 0 atom stereocenters. The molecule has 1 fully saturated rings. The molecule has 0 unspecified atom stereocenters. The monoisotopic (exact) mass is 330 g/mol. The maximum absolute atomic E-state index is 12.2. The third-order valence-corrected chi connectivity index (χ3v) is 4.77. The third kappa shape index (κ3) is 3.66. The van der Waals surface area contributed by atoms with Gasteiger partial charge in [-0.2, -0.15) is 0 Å². The second kappa shape index (κ2) is 6.62. The molecule has 0 saturated heterocycles. The topological polar surface area (TPSA) is 72.2 Å². The summed E-state index contributed by atoms with van der Waals surface area (Å²) in [6, 6.07) is 3.95. The van der Waals surface area contributed by atoms with Crippen LogP contribution in [-0.2, 0) is 0 Å². The molecule has 1 saturated carbocycles. The summed E-state index contributed by atoms with van der Waals surface area (Å²) in [6.45, 7) is 0.430. The fourth-order valence-electron chi connectivity index (χ4n) is 2.69. The number of carbonyl (C=O) groups is 1. The SMILES string of the molecule is O=C(NCC1(CCl)CCCC1)c1cc(Cl)ccc1[N+](=O)[O-]. The molecule has 0 spiro atoms. The molecule has 0 heterocycles. The highest BCUT2D eigenvalue weighted by molar-refractivity contribution is 6.31. The summed E-state index contributed by atoms with van der Waals surface area (Å²) in [5.74, 6) is -0.00846. The minimum atomic E-state index is -0.585. The molecule has 21 heavy (non-hydrogen) atoms. The average Bonchev–Trinajstić information content (AvgIpc) is 2.94. The van der Waals surface area contributed by atoms with Crippen LogP contribution < -0.4 is 5.32 Å². The fourth-order valence-corrected chi connectivity index (χ4v) is 3.23. The molecule has 0 bridgehead atoms. The van der Waals surface area contributed by atoms with E-state index in [-0.39, 0.29) is 16.7 Å². The first kappa shape index (κ1) is 16.0. The van der Waals surface area contributed by atoms with Crippen LogP contribution in [0.5, 0.6) is 0 Å². The Hall–Kier alpha value is -1.33. The number of amides is 1. The molecule has 1 aromatic rings. The number of hydrogen-bond acceptors (Lipinski definition) is 3. The van der Waals surface area contributed by atoms with Gasteiger partial charge in [-0.05, 0) is 25.0 Å². The zero-order valence-corrected chi connectivity index (χ0v) is 12.9. The minimum Gasteiger partial charge on any atom is -0.351 e. The molecule has 0 radical (unpaired) electrons. The Morgan fingerprint density at radius 1 is 1.38 bits per heavy atom. The number of rotatable bonds is 5. The van der Waals surface area contributed by atoms with Crippen molar-refractivity contribution in [2.24, 2.45) is 5.41 Å². The van der Waals surface area contributed by atoms with Crippen molar-refractivity contribution in [2.45, 2.75) is 25.7 Å². The van der Waals surface area contributed by atoms with Gasteiger partial charge in [-0.3, -0.25) is 14.9 Å². The summed E-state index contributed by atoms with van der Waals surface area (Å²) in [7, 11) is 0. The molecule has 0 aliphatic heterocycles. The van der Waals surface area contributed by atoms with Crippen molar-refractivity contribution < 1.29 is 9.72 Å². The van der Waals surface area contributed by atoms with E-state index in [0.717, 1.165) is 25.7 Å². The van der Waals surface area contributed by atoms with Gasteiger partial charge in [0, 0.05) is 28.9 Å². The van der Waals surface area contributed by atoms with Crippen molar-refractivity contribution in [3.63, 3.8) is 0 Å². The fraction of sp³-hybridized carbons (Fsp3) is 0.500. The highest BCUT2D eigenvalue weighted by Gasteiger charge is 2.34. The Morgan fingerprint density at radius 2 is 2.05 bits per heavy atom. The predicted octanol–water partition coefficient (Wildman–Crippen LogP) is 3.78. The number of carbonyl (C=O) groups excluding carboxylic acids is 1. The van der Waals surface area contributed by atoms with Crippen LogP contribution in [0.3, 0.4) is 0 Å². The largest absolute Gasteiger partial charge is 0.351 e. The molecular formula is C14H16Cl2N2O3. The van der Waals surface area contributed by atoms with E-state index < -0.39 is 10.8 Å². The standard InChI is InChI=1S/C14H16Cl2N2O3/c15-8-14(5-1-2-6-14)9-17-13(19)11-7-10(16)3-4-12(11)18(20)21/h3-4,7H,1-2,5-6,8-9H2,(H,17,19).